The summed E-state index contributed by atoms with van der Waals surface area (Å²) in [6, 6.07) is 9.87. The van der Waals surface area contributed by atoms with E-state index in [0.29, 0.717) is 24.9 Å². The molecule has 0 saturated heterocycles. The Kier molecular flexibility index (Phi) is 4.22. The summed E-state index contributed by atoms with van der Waals surface area (Å²) in [7, 11) is 0. The molecule has 0 radical (unpaired) electrons. The lowest BCUT2D eigenvalue weighted by Crippen LogP contribution is -2.28. The summed E-state index contributed by atoms with van der Waals surface area (Å²) in [5, 5.41) is 9.62. The third-order valence-corrected chi connectivity index (χ3v) is 4.17. The molecule has 3 nitrogen and oxygen atoms in total. The fourth-order valence-corrected chi connectivity index (χ4v) is 2.86. The van der Waals surface area contributed by atoms with Crippen molar-refractivity contribution in [2.75, 3.05) is 0 Å². The van der Waals surface area contributed by atoms with Crippen LogP contribution in [-0.4, -0.2) is 15.9 Å². The van der Waals surface area contributed by atoms with Crippen molar-refractivity contribution < 1.29 is 23.1 Å². The second-order valence-electron chi connectivity index (χ2n) is 5.90. The highest BCUT2D eigenvalue weighted by molar-refractivity contribution is 5.77. The van der Waals surface area contributed by atoms with Crippen LogP contribution in [-0.2, 0) is 30.5 Å². The van der Waals surface area contributed by atoms with Gasteiger partial charge in [0, 0.05) is 19.5 Å². The highest BCUT2D eigenvalue weighted by Gasteiger charge is 2.30. The van der Waals surface area contributed by atoms with E-state index in [1.54, 1.807) is 23.1 Å². The number of phenolic OH excluding ortho intramolecular Hbond substituents is 1. The Bertz CT molecular complexity index is 754. The molecule has 0 aromatic heterocycles. The molecule has 0 fully saturated rings. The SMILES string of the molecule is O=C1CCc2ccc(O)cc2CN1Cc1ccc(C(F)(F)F)cc1. The van der Waals surface area contributed by atoms with E-state index in [1.165, 1.54) is 12.1 Å². The first kappa shape index (κ1) is 16.4. The molecule has 1 aliphatic rings. The summed E-state index contributed by atoms with van der Waals surface area (Å²) in [4.78, 5) is 13.9. The van der Waals surface area contributed by atoms with E-state index in [-0.39, 0.29) is 18.2 Å². The Morgan fingerprint density at radius 3 is 2.38 bits per heavy atom. The fraction of sp³-hybridized carbons (Fsp3) is 0.278. The number of nitrogens with zero attached hydrogens (tertiary/aromatic N) is 1. The molecule has 3 rings (SSSR count). The van der Waals surface area contributed by atoms with E-state index in [0.717, 1.165) is 23.3 Å². The highest BCUT2D eigenvalue weighted by Crippen LogP contribution is 2.30. The Morgan fingerprint density at radius 1 is 1.00 bits per heavy atom. The minimum Gasteiger partial charge on any atom is -0.508 e. The molecule has 126 valence electrons. The van der Waals surface area contributed by atoms with Crippen LogP contribution in [0.25, 0.3) is 0 Å². The molecular weight excluding hydrogens is 319 g/mol. The van der Waals surface area contributed by atoms with Crippen LogP contribution in [0.3, 0.4) is 0 Å². The van der Waals surface area contributed by atoms with Gasteiger partial charge >= 0.3 is 6.18 Å². The van der Waals surface area contributed by atoms with Crippen LogP contribution in [0.2, 0.25) is 0 Å². The predicted octanol–water partition coefficient (Wildman–Crippen LogP) is 3.89. The van der Waals surface area contributed by atoms with Gasteiger partial charge in [-0.15, -0.1) is 0 Å². The number of carbonyl (C=O) groups excluding carboxylic acids is 1. The lowest BCUT2D eigenvalue weighted by Gasteiger charge is -2.21. The molecule has 2 aromatic rings. The summed E-state index contributed by atoms with van der Waals surface area (Å²) >= 11 is 0. The van der Waals surface area contributed by atoms with Gasteiger partial charge in [-0.1, -0.05) is 18.2 Å². The number of carbonyl (C=O) groups is 1. The standard InChI is InChI=1S/C18H16F3NO2/c19-18(20,21)15-5-1-12(2-6-15)10-22-11-14-9-16(23)7-3-13(14)4-8-17(22)24/h1-3,5-7,9,23H,4,8,10-11H2. The van der Waals surface area contributed by atoms with Gasteiger partial charge in [-0.3, -0.25) is 4.79 Å². The number of amides is 1. The maximum Gasteiger partial charge on any atom is 0.416 e. The number of fused-ring (bicyclic) bond motifs is 1. The molecule has 24 heavy (non-hydrogen) atoms. The van der Waals surface area contributed by atoms with Crippen LogP contribution in [0.5, 0.6) is 5.75 Å². The fourth-order valence-electron chi connectivity index (χ4n) is 2.86. The quantitative estimate of drug-likeness (QED) is 0.905. The van der Waals surface area contributed by atoms with Crippen molar-refractivity contribution in [2.45, 2.75) is 32.1 Å². The minimum absolute atomic E-state index is 0.0504. The molecule has 1 amide bonds. The van der Waals surface area contributed by atoms with Crippen molar-refractivity contribution in [3.05, 3.63) is 64.7 Å². The molecule has 0 bridgehead atoms. The van der Waals surface area contributed by atoms with Gasteiger partial charge in [-0.2, -0.15) is 13.2 Å². The maximum atomic E-state index is 12.6. The molecule has 0 aliphatic carbocycles. The smallest absolute Gasteiger partial charge is 0.416 e. The lowest BCUT2D eigenvalue weighted by molar-refractivity contribution is -0.137. The summed E-state index contributed by atoms with van der Waals surface area (Å²) in [5.74, 6) is 0.0863. The molecular formula is C18H16F3NO2. The average molecular weight is 335 g/mol. The second-order valence-corrected chi connectivity index (χ2v) is 5.90. The number of hydrogen-bond acceptors (Lipinski definition) is 2. The predicted molar refractivity (Wildman–Crippen MR) is 82.1 cm³/mol. The van der Waals surface area contributed by atoms with Gasteiger partial charge < -0.3 is 10.0 Å². The van der Waals surface area contributed by atoms with Crippen LogP contribution < -0.4 is 0 Å². The average Bonchev–Trinajstić information content (AvgIpc) is 2.66. The normalized spacial score (nSPS) is 15.1. The Morgan fingerprint density at radius 2 is 1.71 bits per heavy atom. The van der Waals surface area contributed by atoms with E-state index < -0.39 is 11.7 Å². The number of phenols is 1. The number of aromatic hydroxyl groups is 1. The van der Waals surface area contributed by atoms with Crippen LogP contribution in [0.4, 0.5) is 13.2 Å². The van der Waals surface area contributed by atoms with Crippen molar-refractivity contribution in [3.63, 3.8) is 0 Å². The number of aryl methyl sites for hydroxylation is 1. The zero-order valence-corrected chi connectivity index (χ0v) is 12.8. The molecule has 6 heteroatoms. The number of benzene rings is 2. The molecule has 0 saturated carbocycles. The van der Waals surface area contributed by atoms with E-state index in [2.05, 4.69) is 0 Å². The summed E-state index contributed by atoms with van der Waals surface area (Å²) in [5.41, 5.74) is 1.81. The molecule has 0 spiro atoms. The number of halogens is 3. The minimum atomic E-state index is -4.37. The van der Waals surface area contributed by atoms with Crippen molar-refractivity contribution in [1.29, 1.82) is 0 Å². The third kappa shape index (κ3) is 3.53. The van der Waals surface area contributed by atoms with E-state index in [4.69, 9.17) is 0 Å². The third-order valence-electron chi connectivity index (χ3n) is 4.17. The maximum absolute atomic E-state index is 12.6. The van der Waals surface area contributed by atoms with E-state index in [9.17, 15) is 23.1 Å². The highest BCUT2D eigenvalue weighted by atomic mass is 19.4. The monoisotopic (exact) mass is 335 g/mol. The van der Waals surface area contributed by atoms with Gasteiger partial charge in [-0.05, 0) is 47.4 Å². The van der Waals surface area contributed by atoms with Gasteiger partial charge in [0.25, 0.3) is 0 Å². The van der Waals surface area contributed by atoms with Gasteiger partial charge in [0.05, 0.1) is 5.56 Å². The first-order valence-electron chi connectivity index (χ1n) is 7.57. The molecule has 1 heterocycles. The number of alkyl halides is 3. The Hall–Kier alpha value is -2.50. The number of hydrogen-bond donors (Lipinski definition) is 1. The molecule has 1 N–H and O–H groups in total. The van der Waals surface area contributed by atoms with Crippen LogP contribution in [0.1, 0.15) is 28.7 Å². The molecule has 2 aromatic carbocycles. The van der Waals surface area contributed by atoms with Crippen LogP contribution >= 0.6 is 0 Å². The summed E-state index contributed by atoms with van der Waals surface area (Å²) < 4.78 is 37.8. The van der Waals surface area contributed by atoms with Crippen molar-refractivity contribution in [2.24, 2.45) is 0 Å². The zero-order chi connectivity index (χ0) is 17.3. The van der Waals surface area contributed by atoms with Crippen molar-refractivity contribution in [3.8, 4) is 5.75 Å². The van der Waals surface area contributed by atoms with Crippen molar-refractivity contribution >= 4 is 5.91 Å². The Labute approximate surface area is 137 Å². The number of rotatable bonds is 2. The Balaban J connectivity index is 1.79. The summed E-state index contributed by atoms with van der Waals surface area (Å²) in [6.07, 6.45) is -3.43. The first-order chi connectivity index (χ1) is 11.3. The van der Waals surface area contributed by atoms with Crippen molar-refractivity contribution in [1.82, 2.24) is 4.90 Å². The second kappa shape index (κ2) is 6.19. The molecule has 1 aliphatic heterocycles. The van der Waals surface area contributed by atoms with Gasteiger partial charge in [0.1, 0.15) is 5.75 Å². The summed E-state index contributed by atoms with van der Waals surface area (Å²) in [6.45, 7) is 0.579. The van der Waals surface area contributed by atoms with Crippen LogP contribution in [0, 0.1) is 0 Å². The zero-order valence-electron chi connectivity index (χ0n) is 12.8. The van der Waals surface area contributed by atoms with Gasteiger partial charge in [0.2, 0.25) is 5.91 Å². The van der Waals surface area contributed by atoms with Crippen LogP contribution in [0.15, 0.2) is 42.5 Å². The molecule has 0 unspecified atom stereocenters. The van der Waals surface area contributed by atoms with Gasteiger partial charge in [-0.25, -0.2) is 0 Å². The first-order valence-corrected chi connectivity index (χ1v) is 7.57. The van der Waals surface area contributed by atoms with E-state index >= 15 is 0 Å². The largest absolute Gasteiger partial charge is 0.508 e. The van der Waals surface area contributed by atoms with Gasteiger partial charge in [0.15, 0.2) is 0 Å². The topological polar surface area (TPSA) is 40.5 Å². The molecule has 0 atom stereocenters. The van der Waals surface area contributed by atoms with E-state index in [1.807, 2.05) is 0 Å². The lowest BCUT2D eigenvalue weighted by atomic mass is 10.0.